The summed E-state index contributed by atoms with van der Waals surface area (Å²) in [6, 6.07) is 9.71. The third-order valence-electron chi connectivity index (χ3n) is 2.91. The summed E-state index contributed by atoms with van der Waals surface area (Å²) in [6.45, 7) is 0. The molecule has 0 saturated heterocycles. The molecule has 2 aromatic carbocycles. The Hall–Kier alpha value is -2.53. The Morgan fingerprint density at radius 2 is 2.10 bits per heavy atom. The van der Waals surface area contributed by atoms with E-state index < -0.39 is 0 Å². The highest BCUT2D eigenvalue weighted by Crippen LogP contribution is 2.27. The fourth-order valence-electron chi connectivity index (χ4n) is 1.78. The van der Waals surface area contributed by atoms with Crippen LogP contribution < -0.4 is 15.8 Å². The van der Waals surface area contributed by atoms with Crippen molar-refractivity contribution >= 4 is 35.1 Å². The van der Waals surface area contributed by atoms with Crippen molar-refractivity contribution in [1.82, 2.24) is 0 Å². The largest absolute Gasteiger partial charge is 0.495 e. The van der Waals surface area contributed by atoms with Crippen molar-refractivity contribution in [3.63, 3.8) is 0 Å². The molecule has 0 unspecified atom stereocenters. The number of halogens is 1. The molecule has 0 fully saturated rings. The summed E-state index contributed by atoms with van der Waals surface area (Å²) in [5, 5.41) is 10.5. The predicted molar refractivity (Wildman–Crippen MR) is 84.7 cm³/mol. The highest BCUT2D eigenvalue weighted by Gasteiger charge is 2.09. The van der Waals surface area contributed by atoms with Crippen LogP contribution in [-0.4, -0.2) is 19.2 Å². The Morgan fingerprint density at radius 1 is 1.33 bits per heavy atom. The van der Waals surface area contributed by atoms with Gasteiger partial charge in [-0.25, -0.2) is 0 Å². The van der Waals surface area contributed by atoms with Crippen LogP contribution in [0.15, 0.2) is 36.4 Å². The number of amides is 1. The van der Waals surface area contributed by atoms with Crippen molar-refractivity contribution in [1.29, 1.82) is 5.41 Å². The maximum Gasteiger partial charge on any atom is 0.255 e. The van der Waals surface area contributed by atoms with E-state index in [-0.39, 0.29) is 5.91 Å². The summed E-state index contributed by atoms with van der Waals surface area (Å²) < 4.78 is 5.10. The highest BCUT2D eigenvalue weighted by atomic mass is 35.5. The van der Waals surface area contributed by atoms with Crippen LogP contribution >= 0.6 is 11.6 Å². The van der Waals surface area contributed by atoms with Gasteiger partial charge in [0, 0.05) is 34.8 Å². The molecule has 0 atom stereocenters. The highest BCUT2D eigenvalue weighted by molar-refractivity contribution is 6.32. The number of carbonyl (C=O) groups is 1. The first-order valence-electron chi connectivity index (χ1n) is 6.10. The lowest BCUT2D eigenvalue weighted by Crippen LogP contribution is -2.12. The van der Waals surface area contributed by atoms with Crippen LogP contribution in [0.2, 0.25) is 5.02 Å². The Kier molecular flexibility index (Phi) is 4.45. The topological polar surface area (TPSA) is 88.2 Å². The second kappa shape index (κ2) is 6.28. The van der Waals surface area contributed by atoms with E-state index in [0.717, 1.165) is 6.21 Å². The van der Waals surface area contributed by atoms with Gasteiger partial charge in [0.25, 0.3) is 5.91 Å². The number of nitrogens with one attached hydrogen (secondary N) is 2. The molecule has 0 aliphatic heterocycles. The minimum Gasteiger partial charge on any atom is -0.495 e. The van der Waals surface area contributed by atoms with E-state index in [1.807, 2.05) is 0 Å². The van der Waals surface area contributed by atoms with E-state index in [2.05, 4.69) is 5.32 Å². The number of nitrogens with two attached hydrogens (primary N) is 1. The Balaban J connectivity index is 2.23. The van der Waals surface area contributed by atoms with Crippen molar-refractivity contribution < 1.29 is 9.53 Å². The lowest BCUT2D eigenvalue weighted by Gasteiger charge is -2.09. The van der Waals surface area contributed by atoms with Gasteiger partial charge >= 0.3 is 0 Å². The zero-order valence-corrected chi connectivity index (χ0v) is 12.1. The zero-order valence-electron chi connectivity index (χ0n) is 11.3. The summed E-state index contributed by atoms with van der Waals surface area (Å²) in [6.07, 6.45) is 1.11. The van der Waals surface area contributed by atoms with Crippen molar-refractivity contribution in [2.45, 2.75) is 0 Å². The summed E-state index contributed by atoms with van der Waals surface area (Å²) in [5.74, 6) is 0.175. The van der Waals surface area contributed by atoms with Crippen LogP contribution in [0.25, 0.3) is 0 Å². The van der Waals surface area contributed by atoms with Crippen molar-refractivity contribution in [2.24, 2.45) is 0 Å². The molecule has 0 radical (unpaired) electrons. The first-order valence-corrected chi connectivity index (χ1v) is 6.48. The summed E-state index contributed by atoms with van der Waals surface area (Å²) >= 11 is 5.93. The molecule has 2 aromatic rings. The second-order valence-corrected chi connectivity index (χ2v) is 4.70. The fraction of sp³-hybridized carbons (Fsp3) is 0.0667. The van der Waals surface area contributed by atoms with Crippen LogP contribution in [0.3, 0.4) is 0 Å². The molecule has 0 bridgehead atoms. The number of nitrogen functional groups attached to an aromatic ring is 1. The van der Waals surface area contributed by atoms with E-state index in [0.29, 0.717) is 33.3 Å². The van der Waals surface area contributed by atoms with Crippen LogP contribution in [0.1, 0.15) is 15.9 Å². The van der Waals surface area contributed by atoms with Gasteiger partial charge in [0.05, 0.1) is 12.1 Å². The van der Waals surface area contributed by atoms with Crippen molar-refractivity contribution in [3.05, 3.63) is 52.5 Å². The molecule has 6 heteroatoms. The van der Waals surface area contributed by atoms with Gasteiger partial charge in [-0.2, -0.15) is 0 Å². The molecular weight excluding hydrogens is 290 g/mol. The second-order valence-electron chi connectivity index (χ2n) is 4.29. The molecule has 0 aromatic heterocycles. The number of benzene rings is 2. The predicted octanol–water partition coefficient (Wildman–Crippen LogP) is 3.18. The Morgan fingerprint density at radius 3 is 2.76 bits per heavy atom. The van der Waals surface area contributed by atoms with Crippen LogP contribution in [0.5, 0.6) is 5.75 Å². The molecule has 0 saturated carbocycles. The van der Waals surface area contributed by atoms with Gasteiger partial charge in [0.1, 0.15) is 5.75 Å². The van der Waals surface area contributed by atoms with Gasteiger partial charge in [0.2, 0.25) is 0 Å². The first kappa shape index (κ1) is 14.9. The number of carbonyl (C=O) groups excluding carboxylic acids is 1. The Labute approximate surface area is 127 Å². The van der Waals surface area contributed by atoms with E-state index >= 15 is 0 Å². The molecule has 0 aliphatic rings. The SMILES string of the molecule is COc1cc(NC(=O)c2ccc(N)c(C=N)c2)ccc1Cl. The molecule has 21 heavy (non-hydrogen) atoms. The molecule has 0 aliphatic carbocycles. The standard InChI is InChI=1S/C15H14ClN3O2/c1-21-14-7-11(3-4-12(14)16)19-15(20)9-2-5-13(18)10(6-9)8-17/h2-8,17H,18H2,1H3,(H,19,20). The zero-order chi connectivity index (χ0) is 15.4. The third kappa shape index (κ3) is 3.32. The molecule has 4 N–H and O–H groups in total. The quantitative estimate of drug-likeness (QED) is 0.598. The Bertz CT molecular complexity index is 701. The van der Waals surface area contributed by atoms with E-state index in [1.54, 1.807) is 36.4 Å². The average molecular weight is 304 g/mol. The van der Waals surface area contributed by atoms with E-state index in [1.165, 1.54) is 7.11 Å². The summed E-state index contributed by atoms with van der Waals surface area (Å²) in [7, 11) is 1.50. The minimum absolute atomic E-state index is 0.303. The maximum atomic E-state index is 12.2. The lowest BCUT2D eigenvalue weighted by atomic mass is 10.1. The molecule has 5 nitrogen and oxygen atoms in total. The van der Waals surface area contributed by atoms with Gasteiger partial charge in [-0.1, -0.05) is 11.6 Å². The van der Waals surface area contributed by atoms with Crippen LogP contribution in [-0.2, 0) is 0 Å². The van der Waals surface area contributed by atoms with Gasteiger partial charge in [-0.05, 0) is 30.3 Å². The number of methoxy groups -OCH3 is 1. The number of rotatable bonds is 4. The molecule has 108 valence electrons. The van der Waals surface area contributed by atoms with Crippen molar-refractivity contribution in [2.75, 3.05) is 18.2 Å². The monoisotopic (exact) mass is 303 g/mol. The van der Waals surface area contributed by atoms with Crippen LogP contribution in [0, 0.1) is 5.41 Å². The van der Waals surface area contributed by atoms with Crippen molar-refractivity contribution in [3.8, 4) is 5.75 Å². The molecule has 1 amide bonds. The smallest absolute Gasteiger partial charge is 0.255 e. The first-order chi connectivity index (χ1) is 10.0. The third-order valence-corrected chi connectivity index (χ3v) is 3.23. The summed E-state index contributed by atoms with van der Waals surface area (Å²) in [5.41, 5.74) is 7.62. The normalized spacial score (nSPS) is 10.0. The number of ether oxygens (including phenoxy) is 1. The van der Waals surface area contributed by atoms with Gasteiger partial charge in [0.15, 0.2) is 0 Å². The van der Waals surface area contributed by atoms with E-state index in [9.17, 15) is 4.79 Å². The average Bonchev–Trinajstić information content (AvgIpc) is 2.49. The number of hydrogen-bond donors (Lipinski definition) is 3. The molecule has 0 heterocycles. The van der Waals surface area contributed by atoms with Gasteiger partial charge in [-0.3, -0.25) is 4.79 Å². The molecule has 0 spiro atoms. The minimum atomic E-state index is -0.303. The van der Waals surface area contributed by atoms with Gasteiger partial charge in [-0.15, -0.1) is 0 Å². The fourth-order valence-corrected chi connectivity index (χ4v) is 1.98. The molecule has 2 rings (SSSR count). The van der Waals surface area contributed by atoms with Gasteiger partial charge < -0.3 is 21.2 Å². The molecular formula is C15H14ClN3O2. The lowest BCUT2D eigenvalue weighted by molar-refractivity contribution is 0.102. The van der Waals surface area contributed by atoms with Crippen LogP contribution in [0.4, 0.5) is 11.4 Å². The van der Waals surface area contributed by atoms with E-state index in [4.69, 9.17) is 27.5 Å². The number of anilines is 2. The summed E-state index contributed by atoms with van der Waals surface area (Å²) in [4.78, 5) is 12.2. The maximum absolute atomic E-state index is 12.2. The number of hydrogen-bond acceptors (Lipinski definition) is 4.